The first-order chi connectivity index (χ1) is 22.6. The van der Waals surface area contributed by atoms with E-state index >= 15 is 0 Å². The van der Waals surface area contributed by atoms with E-state index in [1.807, 2.05) is 12.4 Å². The maximum atomic E-state index is 4.24. The molecule has 0 N–H and O–H groups in total. The van der Waals surface area contributed by atoms with E-state index in [0.717, 1.165) is 0 Å². The number of pyridine rings is 1. The van der Waals surface area contributed by atoms with Gasteiger partial charge in [-0.15, -0.1) is 0 Å². The van der Waals surface area contributed by atoms with Gasteiger partial charge in [-0.1, -0.05) is 123 Å². The van der Waals surface area contributed by atoms with Crippen molar-refractivity contribution in [2.24, 2.45) is 0 Å². The normalized spacial score (nSPS) is 11.6. The molecule has 7 aromatic carbocycles. The van der Waals surface area contributed by atoms with E-state index in [1.165, 1.54) is 88.0 Å². The first kappa shape index (κ1) is 28.0. The molecule has 0 amide bonds. The summed E-state index contributed by atoms with van der Waals surface area (Å²) in [7, 11) is 0. The third kappa shape index (κ3) is 4.76. The van der Waals surface area contributed by atoms with Crippen LogP contribution in [0.4, 0.5) is 0 Å². The van der Waals surface area contributed by atoms with Gasteiger partial charge in [0.2, 0.25) is 0 Å². The molecule has 46 heavy (non-hydrogen) atoms. The molecule has 0 aliphatic carbocycles. The molecule has 0 radical (unpaired) electrons. The van der Waals surface area contributed by atoms with E-state index in [4.69, 9.17) is 0 Å². The number of fused-ring (bicyclic) bond motifs is 3. The Balaban J connectivity index is 1.28. The van der Waals surface area contributed by atoms with Crippen LogP contribution < -0.4 is 0 Å². The lowest BCUT2D eigenvalue weighted by Gasteiger charge is -2.19. The highest BCUT2D eigenvalue weighted by Gasteiger charge is 2.18. The first-order valence-corrected chi connectivity index (χ1v) is 16.1. The lowest BCUT2D eigenvalue weighted by Crippen LogP contribution is -1.94. The molecule has 1 nitrogen and oxygen atoms in total. The minimum absolute atomic E-state index is 0.435. The van der Waals surface area contributed by atoms with Crippen LogP contribution in [0.15, 0.2) is 152 Å². The van der Waals surface area contributed by atoms with Crippen molar-refractivity contribution in [3.8, 4) is 44.5 Å². The quantitative estimate of drug-likeness (QED) is 0.182. The molecule has 0 spiro atoms. The van der Waals surface area contributed by atoms with Crippen molar-refractivity contribution in [3.63, 3.8) is 0 Å². The van der Waals surface area contributed by atoms with Crippen LogP contribution in [0, 0.1) is 6.92 Å². The Morgan fingerprint density at radius 3 is 1.59 bits per heavy atom. The standard InChI is InChI=1S/C45H35N/c1-29(2)37-21-20-35(28-43(37)31-22-24-46-25-23-31)33-16-17-34-27-36(19-18-32(34)26-33)44-39-12-6-8-14-41(39)45(38-11-5-4-10-30(38)3)42-15-9-7-13-40(42)44/h4-29H,1-3H3. The summed E-state index contributed by atoms with van der Waals surface area (Å²) >= 11 is 0. The van der Waals surface area contributed by atoms with Crippen LogP contribution in [0.3, 0.4) is 0 Å². The summed E-state index contributed by atoms with van der Waals surface area (Å²) in [6.07, 6.45) is 3.75. The molecule has 0 aliphatic heterocycles. The SMILES string of the molecule is Cc1ccccc1-c1c2ccccc2c(-c2ccc3cc(-c4ccc(C(C)C)c(-c5ccncc5)c4)ccc3c2)c2ccccc12. The Bertz CT molecular complexity index is 2340. The van der Waals surface area contributed by atoms with Crippen LogP contribution in [0.5, 0.6) is 0 Å². The molecule has 0 saturated heterocycles. The predicted molar refractivity (Wildman–Crippen MR) is 197 cm³/mol. The predicted octanol–water partition coefficient (Wildman–Crippen LogP) is 12.6. The van der Waals surface area contributed by atoms with Crippen molar-refractivity contribution >= 4 is 32.3 Å². The maximum absolute atomic E-state index is 4.24. The number of aryl methyl sites for hydroxylation is 1. The number of hydrogen-bond donors (Lipinski definition) is 0. The summed E-state index contributed by atoms with van der Waals surface area (Å²) in [6, 6.07) is 51.5. The van der Waals surface area contributed by atoms with Gasteiger partial charge in [0.25, 0.3) is 0 Å². The summed E-state index contributed by atoms with van der Waals surface area (Å²) in [6.45, 7) is 6.73. The molecular weight excluding hydrogens is 555 g/mol. The first-order valence-electron chi connectivity index (χ1n) is 16.1. The Labute approximate surface area is 270 Å². The van der Waals surface area contributed by atoms with Crippen molar-refractivity contribution in [1.29, 1.82) is 0 Å². The van der Waals surface area contributed by atoms with Gasteiger partial charge in [-0.05, 0) is 131 Å². The highest BCUT2D eigenvalue weighted by molar-refractivity contribution is 6.22. The molecule has 0 atom stereocenters. The molecule has 0 saturated carbocycles. The van der Waals surface area contributed by atoms with Crippen molar-refractivity contribution in [2.45, 2.75) is 26.7 Å². The zero-order valence-corrected chi connectivity index (χ0v) is 26.5. The molecule has 0 aliphatic rings. The second-order valence-electron chi connectivity index (χ2n) is 12.6. The number of benzene rings is 7. The van der Waals surface area contributed by atoms with Gasteiger partial charge in [-0.3, -0.25) is 4.98 Å². The van der Waals surface area contributed by atoms with E-state index in [1.54, 1.807) is 0 Å². The van der Waals surface area contributed by atoms with Crippen molar-refractivity contribution in [2.75, 3.05) is 0 Å². The minimum Gasteiger partial charge on any atom is -0.265 e. The lowest BCUT2D eigenvalue weighted by molar-refractivity contribution is 0.869. The Hall–Kier alpha value is -5.53. The highest BCUT2D eigenvalue weighted by atomic mass is 14.6. The largest absolute Gasteiger partial charge is 0.265 e. The van der Waals surface area contributed by atoms with E-state index < -0.39 is 0 Å². The average molecular weight is 590 g/mol. The Morgan fingerprint density at radius 1 is 0.435 bits per heavy atom. The zero-order chi connectivity index (χ0) is 31.2. The number of aromatic nitrogens is 1. The second-order valence-corrected chi connectivity index (χ2v) is 12.6. The summed E-state index contributed by atoms with van der Waals surface area (Å²) in [5.74, 6) is 0.435. The number of hydrogen-bond acceptors (Lipinski definition) is 1. The smallest absolute Gasteiger partial charge is 0.0273 e. The molecular formula is C45H35N. The topological polar surface area (TPSA) is 12.9 Å². The van der Waals surface area contributed by atoms with Crippen LogP contribution in [-0.4, -0.2) is 4.98 Å². The highest BCUT2D eigenvalue weighted by Crippen LogP contribution is 2.45. The van der Waals surface area contributed by atoms with E-state index in [0.29, 0.717) is 5.92 Å². The van der Waals surface area contributed by atoms with Gasteiger partial charge >= 0.3 is 0 Å². The summed E-state index contributed by atoms with van der Waals surface area (Å²) in [5, 5.41) is 7.62. The van der Waals surface area contributed by atoms with Gasteiger partial charge in [0.1, 0.15) is 0 Å². The van der Waals surface area contributed by atoms with Gasteiger partial charge in [-0.25, -0.2) is 0 Å². The van der Waals surface area contributed by atoms with Crippen molar-refractivity contribution in [1.82, 2.24) is 4.98 Å². The fraction of sp³-hybridized carbons (Fsp3) is 0.0889. The van der Waals surface area contributed by atoms with Crippen LogP contribution in [0.1, 0.15) is 30.9 Å². The molecule has 0 bridgehead atoms. The van der Waals surface area contributed by atoms with Crippen molar-refractivity contribution in [3.05, 3.63) is 163 Å². The van der Waals surface area contributed by atoms with E-state index in [-0.39, 0.29) is 0 Å². The minimum atomic E-state index is 0.435. The zero-order valence-electron chi connectivity index (χ0n) is 26.5. The summed E-state index contributed by atoms with van der Waals surface area (Å²) < 4.78 is 0. The van der Waals surface area contributed by atoms with Crippen LogP contribution >= 0.6 is 0 Å². The number of nitrogens with zero attached hydrogens (tertiary/aromatic N) is 1. The van der Waals surface area contributed by atoms with Crippen LogP contribution in [0.25, 0.3) is 76.8 Å². The third-order valence-electron chi connectivity index (χ3n) is 9.47. The number of rotatable bonds is 5. The average Bonchev–Trinajstić information content (AvgIpc) is 3.10. The molecule has 0 unspecified atom stereocenters. The fourth-order valence-corrected chi connectivity index (χ4v) is 7.18. The molecule has 8 rings (SSSR count). The molecule has 220 valence electrons. The molecule has 1 aromatic heterocycles. The second kappa shape index (κ2) is 11.4. The molecule has 1 heteroatoms. The van der Waals surface area contributed by atoms with Gasteiger partial charge in [-0.2, -0.15) is 0 Å². The van der Waals surface area contributed by atoms with Gasteiger partial charge in [0.15, 0.2) is 0 Å². The van der Waals surface area contributed by atoms with Crippen molar-refractivity contribution < 1.29 is 0 Å². The van der Waals surface area contributed by atoms with E-state index in [9.17, 15) is 0 Å². The third-order valence-corrected chi connectivity index (χ3v) is 9.47. The Morgan fingerprint density at radius 2 is 0.957 bits per heavy atom. The Kier molecular flexibility index (Phi) is 6.96. The van der Waals surface area contributed by atoms with Gasteiger partial charge in [0.05, 0.1) is 0 Å². The molecule has 0 fully saturated rings. The molecule has 1 heterocycles. The molecule has 8 aromatic rings. The maximum Gasteiger partial charge on any atom is 0.0273 e. The van der Waals surface area contributed by atoms with Gasteiger partial charge < -0.3 is 0 Å². The summed E-state index contributed by atoms with van der Waals surface area (Å²) in [5.41, 5.74) is 12.7. The van der Waals surface area contributed by atoms with Gasteiger partial charge in [0, 0.05) is 12.4 Å². The van der Waals surface area contributed by atoms with Crippen LogP contribution in [-0.2, 0) is 0 Å². The van der Waals surface area contributed by atoms with Crippen LogP contribution in [0.2, 0.25) is 0 Å². The monoisotopic (exact) mass is 589 g/mol. The fourth-order valence-electron chi connectivity index (χ4n) is 7.18. The summed E-state index contributed by atoms with van der Waals surface area (Å²) in [4.78, 5) is 4.24. The lowest BCUT2D eigenvalue weighted by atomic mass is 9.84. The van der Waals surface area contributed by atoms with E-state index in [2.05, 4.69) is 165 Å².